The fraction of sp³-hybridized carbons (Fsp3) is 0.625. The van der Waals surface area contributed by atoms with Crippen LogP contribution in [0.25, 0.3) is 0 Å². The van der Waals surface area contributed by atoms with Crippen molar-refractivity contribution in [3.8, 4) is 5.75 Å². The summed E-state index contributed by atoms with van der Waals surface area (Å²) >= 11 is 3.59. The van der Waals surface area contributed by atoms with E-state index in [2.05, 4.69) is 45.2 Å². The van der Waals surface area contributed by atoms with Crippen molar-refractivity contribution in [2.24, 2.45) is 0 Å². The molecule has 0 bridgehead atoms. The van der Waals surface area contributed by atoms with Crippen molar-refractivity contribution in [1.82, 2.24) is 10.2 Å². The topological polar surface area (TPSA) is 24.5 Å². The maximum absolute atomic E-state index is 6.01. The monoisotopic (exact) mass is 340 g/mol. The molecule has 1 aliphatic rings. The van der Waals surface area contributed by atoms with Crippen LogP contribution in [0.2, 0.25) is 0 Å². The predicted molar refractivity (Wildman–Crippen MR) is 87.3 cm³/mol. The van der Waals surface area contributed by atoms with Crippen molar-refractivity contribution >= 4 is 15.9 Å². The zero-order valence-corrected chi connectivity index (χ0v) is 13.9. The molecule has 1 heterocycles. The summed E-state index contributed by atoms with van der Waals surface area (Å²) in [5.74, 6) is 0.995. The van der Waals surface area contributed by atoms with Gasteiger partial charge in [-0.3, -0.25) is 0 Å². The highest BCUT2D eigenvalue weighted by Crippen LogP contribution is 2.29. The van der Waals surface area contributed by atoms with Gasteiger partial charge in [0.1, 0.15) is 5.75 Å². The largest absolute Gasteiger partial charge is 0.492 e. The molecule has 3 nitrogen and oxygen atoms in total. The third kappa shape index (κ3) is 4.76. The Kier molecular flexibility index (Phi) is 6.83. The molecule has 0 amide bonds. The summed E-state index contributed by atoms with van der Waals surface area (Å²) in [4.78, 5) is 2.53. The molecule has 0 radical (unpaired) electrons. The first kappa shape index (κ1) is 15.8. The minimum atomic E-state index is 0.790. The second kappa shape index (κ2) is 8.65. The summed E-state index contributed by atoms with van der Waals surface area (Å²) < 4.78 is 7.06. The van der Waals surface area contributed by atoms with E-state index in [0.29, 0.717) is 0 Å². The van der Waals surface area contributed by atoms with E-state index in [1.165, 1.54) is 31.5 Å². The Labute approximate surface area is 130 Å². The second-order valence-electron chi connectivity index (χ2n) is 5.26. The van der Waals surface area contributed by atoms with E-state index in [1.807, 2.05) is 6.07 Å². The van der Waals surface area contributed by atoms with Crippen LogP contribution < -0.4 is 10.1 Å². The minimum Gasteiger partial charge on any atom is -0.492 e. The Morgan fingerprint density at radius 1 is 1.30 bits per heavy atom. The highest BCUT2D eigenvalue weighted by Gasteiger charge is 2.11. The molecule has 0 aliphatic carbocycles. The Hall–Kier alpha value is -0.580. The van der Waals surface area contributed by atoms with Gasteiger partial charge in [0.15, 0.2) is 0 Å². The molecule has 0 spiro atoms. The van der Waals surface area contributed by atoms with Crippen LogP contribution in [-0.4, -0.2) is 37.7 Å². The van der Waals surface area contributed by atoms with Crippen molar-refractivity contribution < 1.29 is 4.74 Å². The second-order valence-corrected chi connectivity index (χ2v) is 6.11. The Bertz CT molecular complexity index is 405. The lowest BCUT2D eigenvalue weighted by atomic mass is 10.2. The molecular weight excluding hydrogens is 316 g/mol. The first-order chi connectivity index (χ1) is 9.81. The summed E-state index contributed by atoms with van der Waals surface area (Å²) in [6, 6.07) is 6.24. The number of hydrogen-bond donors (Lipinski definition) is 1. The predicted octanol–water partition coefficient (Wildman–Crippen LogP) is 3.42. The van der Waals surface area contributed by atoms with Crippen LogP contribution in [0.1, 0.15) is 31.7 Å². The first-order valence-electron chi connectivity index (χ1n) is 7.64. The molecule has 4 heteroatoms. The molecule has 1 saturated heterocycles. The average molecular weight is 341 g/mol. The normalized spacial score (nSPS) is 15.7. The molecule has 20 heavy (non-hydrogen) atoms. The van der Waals surface area contributed by atoms with Crippen LogP contribution in [-0.2, 0) is 6.54 Å². The van der Waals surface area contributed by atoms with Gasteiger partial charge in [0.05, 0.1) is 11.1 Å². The van der Waals surface area contributed by atoms with Gasteiger partial charge in [-0.25, -0.2) is 0 Å². The van der Waals surface area contributed by atoms with Crippen molar-refractivity contribution in [3.63, 3.8) is 0 Å². The lowest BCUT2D eigenvalue weighted by Gasteiger charge is -2.16. The molecule has 1 aromatic rings. The van der Waals surface area contributed by atoms with Crippen LogP contribution in [0.15, 0.2) is 22.7 Å². The molecule has 1 aromatic carbocycles. The summed E-state index contributed by atoms with van der Waals surface area (Å²) in [5.41, 5.74) is 1.22. The lowest BCUT2D eigenvalue weighted by Crippen LogP contribution is -2.22. The summed E-state index contributed by atoms with van der Waals surface area (Å²) in [6.07, 6.45) is 3.82. The van der Waals surface area contributed by atoms with E-state index in [-0.39, 0.29) is 0 Å². The van der Waals surface area contributed by atoms with E-state index < -0.39 is 0 Å². The Morgan fingerprint density at radius 3 is 2.85 bits per heavy atom. The van der Waals surface area contributed by atoms with Gasteiger partial charge in [-0.2, -0.15) is 0 Å². The van der Waals surface area contributed by atoms with Crippen LogP contribution in [0.5, 0.6) is 5.75 Å². The SMILES string of the molecule is CCNCc1cccc(Br)c1OCCCN1CCCC1. The smallest absolute Gasteiger partial charge is 0.137 e. The molecule has 0 aromatic heterocycles. The van der Waals surface area contributed by atoms with E-state index >= 15 is 0 Å². The summed E-state index contributed by atoms with van der Waals surface area (Å²) in [7, 11) is 0. The average Bonchev–Trinajstić information content (AvgIpc) is 2.96. The molecule has 112 valence electrons. The fourth-order valence-electron chi connectivity index (χ4n) is 2.58. The molecule has 0 atom stereocenters. The van der Waals surface area contributed by atoms with Gasteiger partial charge >= 0.3 is 0 Å². The summed E-state index contributed by atoms with van der Waals surface area (Å²) in [6.45, 7) is 8.43. The number of benzene rings is 1. The maximum atomic E-state index is 6.01. The number of para-hydroxylation sites is 1. The van der Waals surface area contributed by atoms with Crippen LogP contribution in [0, 0.1) is 0 Å². The number of likely N-dealkylation sites (tertiary alicyclic amines) is 1. The van der Waals surface area contributed by atoms with Crippen molar-refractivity contribution in [1.29, 1.82) is 0 Å². The van der Waals surface area contributed by atoms with Crippen molar-refractivity contribution in [2.75, 3.05) is 32.8 Å². The van der Waals surface area contributed by atoms with Gasteiger partial charge in [-0.1, -0.05) is 19.1 Å². The van der Waals surface area contributed by atoms with E-state index in [4.69, 9.17) is 4.74 Å². The van der Waals surface area contributed by atoms with Gasteiger partial charge in [0.25, 0.3) is 0 Å². The number of nitrogens with zero attached hydrogens (tertiary/aromatic N) is 1. The van der Waals surface area contributed by atoms with Gasteiger partial charge in [-0.05, 0) is 60.9 Å². The van der Waals surface area contributed by atoms with Gasteiger partial charge < -0.3 is 15.0 Å². The molecule has 1 N–H and O–H groups in total. The highest BCUT2D eigenvalue weighted by molar-refractivity contribution is 9.10. The number of rotatable bonds is 8. The third-order valence-corrected chi connectivity index (χ3v) is 4.30. The zero-order chi connectivity index (χ0) is 14.2. The lowest BCUT2D eigenvalue weighted by molar-refractivity contribution is 0.260. The van der Waals surface area contributed by atoms with Crippen LogP contribution >= 0.6 is 15.9 Å². The molecular formula is C16H25BrN2O. The molecule has 1 fully saturated rings. The van der Waals surface area contributed by atoms with E-state index in [9.17, 15) is 0 Å². The van der Waals surface area contributed by atoms with Crippen molar-refractivity contribution in [2.45, 2.75) is 32.7 Å². The first-order valence-corrected chi connectivity index (χ1v) is 8.44. The van der Waals surface area contributed by atoms with Gasteiger partial charge in [-0.15, -0.1) is 0 Å². The third-order valence-electron chi connectivity index (χ3n) is 3.68. The maximum Gasteiger partial charge on any atom is 0.137 e. The van der Waals surface area contributed by atoms with E-state index in [0.717, 1.165) is 42.9 Å². The van der Waals surface area contributed by atoms with E-state index in [1.54, 1.807) is 0 Å². The molecule has 0 saturated carbocycles. The zero-order valence-electron chi connectivity index (χ0n) is 12.3. The number of nitrogens with one attached hydrogen (secondary N) is 1. The fourth-order valence-corrected chi connectivity index (χ4v) is 3.10. The summed E-state index contributed by atoms with van der Waals surface area (Å²) in [5, 5.41) is 3.36. The molecule has 1 aliphatic heterocycles. The Balaban J connectivity index is 1.81. The number of ether oxygens (including phenoxy) is 1. The van der Waals surface area contributed by atoms with Gasteiger partial charge in [0.2, 0.25) is 0 Å². The molecule has 2 rings (SSSR count). The van der Waals surface area contributed by atoms with Gasteiger partial charge in [0, 0.05) is 18.7 Å². The standard InChI is InChI=1S/C16H25BrN2O/c1-2-18-13-14-7-5-8-15(17)16(14)20-12-6-11-19-9-3-4-10-19/h5,7-8,18H,2-4,6,9-13H2,1H3. The quantitative estimate of drug-likeness (QED) is 0.734. The minimum absolute atomic E-state index is 0.790. The number of hydrogen-bond acceptors (Lipinski definition) is 3. The Morgan fingerprint density at radius 2 is 2.10 bits per heavy atom. The molecule has 0 unspecified atom stereocenters. The van der Waals surface area contributed by atoms with Crippen LogP contribution in [0.3, 0.4) is 0 Å². The van der Waals surface area contributed by atoms with Crippen molar-refractivity contribution in [3.05, 3.63) is 28.2 Å². The highest BCUT2D eigenvalue weighted by atomic mass is 79.9. The number of halogens is 1. The van der Waals surface area contributed by atoms with Crippen LogP contribution in [0.4, 0.5) is 0 Å².